The summed E-state index contributed by atoms with van der Waals surface area (Å²) in [6.07, 6.45) is -0.291. The zero-order valence-electron chi connectivity index (χ0n) is 9.06. The zero-order chi connectivity index (χ0) is 11.0. The van der Waals surface area contributed by atoms with Gasteiger partial charge in [-0.25, -0.2) is 4.79 Å². The van der Waals surface area contributed by atoms with Crippen molar-refractivity contribution in [2.24, 2.45) is 5.92 Å². The summed E-state index contributed by atoms with van der Waals surface area (Å²) in [5, 5.41) is 0. The fraction of sp³-hybridized carbons (Fsp3) is 0.727. The molecule has 2 saturated heterocycles. The van der Waals surface area contributed by atoms with E-state index in [1.165, 1.54) is 0 Å². The number of hydrogen-bond donors (Lipinski definition) is 0. The van der Waals surface area contributed by atoms with Crippen molar-refractivity contribution in [2.75, 3.05) is 13.2 Å². The molecule has 4 heteroatoms. The first kappa shape index (κ1) is 10.6. The molecular weight excluding hydrogens is 196 g/mol. The van der Waals surface area contributed by atoms with Crippen molar-refractivity contribution in [1.29, 1.82) is 0 Å². The van der Waals surface area contributed by atoms with Crippen LogP contribution in [0.3, 0.4) is 0 Å². The molecule has 0 radical (unpaired) electrons. The first-order chi connectivity index (χ1) is 7.09. The van der Waals surface area contributed by atoms with Crippen molar-refractivity contribution in [3.63, 3.8) is 0 Å². The summed E-state index contributed by atoms with van der Waals surface area (Å²) < 4.78 is 16.3. The molecule has 0 aromatic rings. The monoisotopic (exact) mass is 212 g/mol. The standard InChI is InChI=1S/C11H16O4/c1-6(2)11(12)15-8-5-14-9-7(3)4-13-10(8)9/h7-10H,1,4-5H2,2-3H3/t7-,8+,9+,10+/m0/s1. The molecule has 4 atom stereocenters. The second-order valence-electron chi connectivity index (χ2n) is 4.30. The van der Waals surface area contributed by atoms with Crippen molar-refractivity contribution < 1.29 is 19.0 Å². The number of hydrogen-bond acceptors (Lipinski definition) is 4. The Bertz CT molecular complexity index is 286. The molecule has 2 fully saturated rings. The second-order valence-corrected chi connectivity index (χ2v) is 4.30. The van der Waals surface area contributed by atoms with Crippen LogP contribution in [0.5, 0.6) is 0 Å². The number of ether oxygens (including phenoxy) is 3. The van der Waals surface area contributed by atoms with E-state index in [1.807, 2.05) is 0 Å². The SMILES string of the molecule is C=C(C)C(=O)O[C@@H]1CO[C@H]2[C@@H]1OC[C@@H]2C. The Kier molecular flexibility index (Phi) is 2.80. The number of fused-ring (bicyclic) bond motifs is 1. The second kappa shape index (κ2) is 3.94. The zero-order valence-corrected chi connectivity index (χ0v) is 9.06. The van der Waals surface area contributed by atoms with E-state index in [0.29, 0.717) is 24.7 Å². The van der Waals surface area contributed by atoms with Crippen molar-refractivity contribution in [1.82, 2.24) is 0 Å². The van der Waals surface area contributed by atoms with Crippen LogP contribution in [-0.2, 0) is 19.0 Å². The first-order valence-electron chi connectivity index (χ1n) is 5.19. The van der Waals surface area contributed by atoms with Gasteiger partial charge in [0.15, 0.2) is 6.10 Å². The highest BCUT2D eigenvalue weighted by Crippen LogP contribution is 2.32. The molecule has 0 N–H and O–H groups in total. The van der Waals surface area contributed by atoms with E-state index in [2.05, 4.69) is 13.5 Å². The van der Waals surface area contributed by atoms with Crippen LogP contribution in [0.25, 0.3) is 0 Å². The minimum atomic E-state index is -0.368. The van der Waals surface area contributed by atoms with Gasteiger partial charge in [-0.2, -0.15) is 0 Å². The number of carbonyl (C=O) groups excluding carboxylic acids is 1. The molecule has 0 unspecified atom stereocenters. The van der Waals surface area contributed by atoms with Crippen LogP contribution in [0.1, 0.15) is 13.8 Å². The normalized spacial score (nSPS) is 38.8. The van der Waals surface area contributed by atoms with E-state index in [4.69, 9.17) is 14.2 Å². The molecule has 2 aliphatic heterocycles. The molecule has 0 aromatic heterocycles. The molecule has 15 heavy (non-hydrogen) atoms. The molecule has 0 amide bonds. The van der Waals surface area contributed by atoms with Crippen LogP contribution in [0.4, 0.5) is 0 Å². The molecule has 84 valence electrons. The van der Waals surface area contributed by atoms with E-state index in [-0.39, 0.29) is 24.3 Å². The highest BCUT2D eigenvalue weighted by atomic mass is 16.6. The van der Waals surface area contributed by atoms with Crippen molar-refractivity contribution in [2.45, 2.75) is 32.2 Å². The first-order valence-corrected chi connectivity index (χ1v) is 5.19. The van der Waals surface area contributed by atoms with Gasteiger partial charge in [-0.3, -0.25) is 0 Å². The Morgan fingerprint density at radius 2 is 2.00 bits per heavy atom. The van der Waals surface area contributed by atoms with Crippen molar-refractivity contribution in [3.05, 3.63) is 12.2 Å². The van der Waals surface area contributed by atoms with Gasteiger partial charge in [-0.05, 0) is 6.92 Å². The van der Waals surface area contributed by atoms with Crippen LogP contribution < -0.4 is 0 Å². The van der Waals surface area contributed by atoms with E-state index in [1.54, 1.807) is 6.92 Å². The van der Waals surface area contributed by atoms with Crippen LogP contribution >= 0.6 is 0 Å². The Morgan fingerprint density at radius 1 is 1.33 bits per heavy atom. The van der Waals surface area contributed by atoms with Crippen LogP contribution in [-0.4, -0.2) is 37.5 Å². The van der Waals surface area contributed by atoms with Crippen LogP contribution in [0.15, 0.2) is 12.2 Å². The summed E-state index contributed by atoms with van der Waals surface area (Å²) in [6, 6.07) is 0. The maximum atomic E-state index is 11.3. The van der Waals surface area contributed by atoms with E-state index in [0.717, 1.165) is 0 Å². The fourth-order valence-electron chi connectivity index (χ4n) is 1.99. The van der Waals surface area contributed by atoms with Crippen LogP contribution in [0, 0.1) is 5.92 Å². The van der Waals surface area contributed by atoms with Gasteiger partial charge < -0.3 is 14.2 Å². The highest BCUT2D eigenvalue weighted by Gasteiger charge is 2.47. The minimum absolute atomic E-state index is 0.0768. The topological polar surface area (TPSA) is 44.8 Å². The van der Waals surface area contributed by atoms with Crippen molar-refractivity contribution in [3.8, 4) is 0 Å². The molecule has 0 spiro atoms. The quantitative estimate of drug-likeness (QED) is 0.504. The van der Waals surface area contributed by atoms with Gasteiger partial charge in [0.2, 0.25) is 0 Å². The maximum Gasteiger partial charge on any atom is 0.333 e. The van der Waals surface area contributed by atoms with Gasteiger partial charge in [0, 0.05) is 11.5 Å². The summed E-state index contributed by atoms with van der Waals surface area (Å²) in [7, 11) is 0. The van der Waals surface area contributed by atoms with E-state index in [9.17, 15) is 4.79 Å². The Hall–Kier alpha value is -0.870. The molecule has 4 nitrogen and oxygen atoms in total. The Morgan fingerprint density at radius 3 is 2.67 bits per heavy atom. The van der Waals surface area contributed by atoms with Gasteiger partial charge >= 0.3 is 5.97 Å². The third-order valence-electron chi connectivity index (χ3n) is 2.86. The molecule has 0 bridgehead atoms. The summed E-state index contributed by atoms with van der Waals surface area (Å²) in [5.74, 6) is 0.0101. The summed E-state index contributed by atoms with van der Waals surface area (Å²) in [4.78, 5) is 11.3. The third kappa shape index (κ3) is 1.92. The van der Waals surface area contributed by atoms with E-state index >= 15 is 0 Å². The number of rotatable bonds is 2. The lowest BCUT2D eigenvalue weighted by Crippen LogP contribution is -2.33. The van der Waals surface area contributed by atoms with Gasteiger partial charge in [0.05, 0.1) is 19.3 Å². The number of esters is 1. The average molecular weight is 212 g/mol. The van der Waals surface area contributed by atoms with E-state index < -0.39 is 0 Å². The largest absolute Gasteiger partial charge is 0.454 e. The summed E-state index contributed by atoms with van der Waals surface area (Å²) in [5.41, 5.74) is 0.407. The van der Waals surface area contributed by atoms with Crippen molar-refractivity contribution >= 4 is 5.97 Å². The van der Waals surface area contributed by atoms with Gasteiger partial charge in [0.25, 0.3) is 0 Å². The lowest BCUT2D eigenvalue weighted by molar-refractivity contribution is -0.148. The molecule has 2 rings (SSSR count). The molecule has 0 aliphatic carbocycles. The smallest absolute Gasteiger partial charge is 0.333 e. The Balaban J connectivity index is 1.95. The summed E-state index contributed by atoms with van der Waals surface area (Å²) >= 11 is 0. The fourth-order valence-corrected chi connectivity index (χ4v) is 1.99. The van der Waals surface area contributed by atoms with Gasteiger partial charge in [0.1, 0.15) is 6.10 Å². The molecule has 0 saturated carbocycles. The summed E-state index contributed by atoms with van der Waals surface area (Å²) in [6.45, 7) is 8.36. The molecule has 2 heterocycles. The van der Waals surface area contributed by atoms with Gasteiger partial charge in [-0.1, -0.05) is 13.5 Å². The number of carbonyl (C=O) groups is 1. The van der Waals surface area contributed by atoms with Gasteiger partial charge in [-0.15, -0.1) is 0 Å². The lowest BCUT2D eigenvalue weighted by Gasteiger charge is -2.16. The molecular formula is C11H16O4. The highest BCUT2D eigenvalue weighted by molar-refractivity contribution is 5.87. The molecule has 2 aliphatic rings. The minimum Gasteiger partial charge on any atom is -0.454 e. The predicted molar refractivity (Wildman–Crippen MR) is 53.3 cm³/mol. The maximum absolute atomic E-state index is 11.3. The third-order valence-corrected chi connectivity index (χ3v) is 2.86. The predicted octanol–water partition coefficient (Wildman–Crippen LogP) is 0.908. The lowest BCUT2D eigenvalue weighted by atomic mass is 10.0. The van der Waals surface area contributed by atoms with Crippen LogP contribution in [0.2, 0.25) is 0 Å². The Labute approximate surface area is 89.2 Å². The molecule has 0 aromatic carbocycles. The average Bonchev–Trinajstić information content (AvgIpc) is 2.71.